The summed E-state index contributed by atoms with van der Waals surface area (Å²) in [6, 6.07) is 15.7. The quantitative estimate of drug-likeness (QED) is 0.344. The second kappa shape index (κ2) is 10.8. The van der Waals surface area contributed by atoms with E-state index in [1.807, 2.05) is 53.4 Å². The van der Waals surface area contributed by atoms with Gasteiger partial charge in [0.2, 0.25) is 5.91 Å². The van der Waals surface area contributed by atoms with Crippen molar-refractivity contribution in [2.45, 2.75) is 38.1 Å². The predicted molar refractivity (Wildman–Crippen MR) is 137 cm³/mol. The highest BCUT2D eigenvalue weighted by Crippen LogP contribution is 2.31. The van der Waals surface area contributed by atoms with Crippen LogP contribution in [-0.4, -0.2) is 43.8 Å². The molecule has 35 heavy (non-hydrogen) atoms. The van der Waals surface area contributed by atoms with Crippen LogP contribution in [0.4, 0.5) is 5.82 Å². The van der Waals surface area contributed by atoms with E-state index in [1.165, 1.54) is 0 Å². The molecule has 1 amide bonds. The number of amides is 1. The number of benzene rings is 2. The van der Waals surface area contributed by atoms with Gasteiger partial charge in [-0.3, -0.25) is 14.8 Å². The van der Waals surface area contributed by atoms with Gasteiger partial charge < -0.3 is 10.2 Å². The van der Waals surface area contributed by atoms with Crippen LogP contribution in [0.2, 0.25) is 5.02 Å². The minimum absolute atomic E-state index is 0.0203. The summed E-state index contributed by atoms with van der Waals surface area (Å²) < 4.78 is 0. The van der Waals surface area contributed by atoms with Crippen molar-refractivity contribution in [3.05, 3.63) is 89.2 Å². The fourth-order valence-electron chi connectivity index (χ4n) is 4.63. The second-order valence-corrected chi connectivity index (χ2v) is 9.19. The number of nitrogens with one attached hydrogen (secondary N) is 1. The largest absolute Gasteiger partial charge is 0.369 e. The third-order valence-corrected chi connectivity index (χ3v) is 6.53. The molecular weight excluding hydrogens is 460 g/mol. The first kappa shape index (κ1) is 23.2. The van der Waals surface area contributed by atoms with Gasteiger partial charge in [0.1, 0.15) is 12.1 Å². The normalized spacial score (nSPS) is 15.5. The molecule has 1 fully saturated rings. The second-order valence-electron chi connectivity index (χ2n) is 8.76. The zero-order valence-electron chi connectivity index (χ0n) is 19.4. The SMILES string of the molecule is O=C(CCCNc1ncnc2ccccc12)N1CCC[C@@H]1c1cncc(Cc2cccc(Cl)c2)n1. The fourth-order valence-corrected chi connectivity index (χ4v) is 4.85. The van der Waals surface area contributed by atoms with Gasteiger partial charge in [-0.05, 0) is 49.1 Å². The Morgan fingerprint density at radius 1 is 1.11 bits per heavy atom. The van der Waals surface area contributed by atoms with E-state index in [-0.39, 0.29) is 11.9 Å². The van der Waals surface area contributed by atoms with Crippen LogP contribution < -0.4 is 5.32 Å². The summed E-state index contributed by atoms with van der Waals surface area (Å²) in [7, 11) is 0. The first-order valence-electron chi connectivity index (χ1n) is 12.0. The smallest absolute Gasteiger partial charge is 0.223 e. The topological polar surface area (TPSA) is 83.9 Å². The van der Waals surface area contributed by atoms with E-state index in [2.05, 4.69) is 20.3 Å². The number of halogens is 1. The summed E-state index contributed by atoms with van der Waals surface area (Å²) in [5.74, 6) is 0.956. The van der Waals surface area contributed by atoms with E-state index in [0.717, 1.165) is 59.5 Å². The maximum atomic E-state index is 13.1. The van der Waals surface area contributed by atoms with Crippen molar-refractivity contribution in [1.29, 1.82) is 0 Å². The maximum Gasteiger partial charge on any atom is 0.223 e. The number of carbonyl (C=O) groups is 1. The van der Waals surface area contributed by atoms with Crippen LogP contribution in [-0.2, 0) is 11.2 Å². The lowest BCUT2D eigenvalue weighted by Crippen LogP contribution is -2.31. The lowest BCUT2D eigenvalue weighted by atomic mass is 10.1. The van der Waals surface area contributed by atoms with Crippen LogP contribution in [0.15, 0.2) is 67.3 Å². The number of aromatic nitrogens is 4. The molecule has 0 spiro atoms. The molecule has 3 heterocycles. The van der Waals surface area contributed by atoms with Crippen LogP contribution in [0.25, 0.3) is 10.9 Å². The van der Waals surface area contributed by atoms with Crippen molar-refractivity contribution in [2.75, 3.05) is 18.4 Å². The van der Waals surface area contributed by atoms with Gasteiger partial charge in [-0.15, -0.1) is 0 Å². The molecule has 4 aromatic rings. The zero-order chi connectivity index (χ0) is 24.0. The van der Waals surface area contributed by atoms with Crippen molar-refractivity contribution in [3.63, 3.8) is 0 Å². The molecule has 1 N–H and O–H groups in total. The number of fused-ring (bicyclic) bond motifs is 1. The first-order valence-corrected chi connectivity index (χ1v) is 12.3. The standard InChI is InChI=1S/C27H27ClN6O/c28-20-7-3-6-19(14-20)15-21-16-29-17-24(33-21)25-10-5-13-34(25)26(35)11-4-12-30-27-22-8-1-2-9-23(22)31-18-32-27/h1-3,6-9,14,16-18,25H,4-5,10-13,15H2,(H,30,31,32)/t25-/m1/s1. The molecule has 0 aliphatic carbocycles. The van der Waals surface area contributed by atoms with E-state index in [9.17, 15) is 4.79 Å². The first-order chi connectivity index (χ1) is 17.2. The maximum absolute atomic E-state index is 13.1. The summed E-state index contributed by atoms with van der Waals surface area (Å²) in [5, 5.41) is 5.05. The van der Waals surface area contributed by atoms with Crippen molar-refractivity contribution in [2.24, 2.45) is 0 Å². The summed E-state index contributed by atoms with van der Waals surface area (Å²) in [6.07, 6.45) is 8.88. The van der Waals surface area contributed by atoms with Gasteiger partial charge in [0.25, 0.3) is 0 Å². The van der Waals surface area contributed by atoms with Crippen LogP contribution in [0.3, 0.4) is 0 Å². The van der Waals surface area contributed by atoms with Crippen LogP contribution in [0, 0.1) is 0 Å². The fraction of sp³-hybridized carbons (Fsp3) is 0.296. The number of nitrogens with zero attached hydrogens (tertiary/aromatic N) is 5. The van der Waals surface area contributed by atoms with Gasteiger partial charge in [-0.1, -0.05) is 35.9 Å². The summed E-state index contributed by atoms with van der Waals surface area (Å²) in [5.41, 5.74) is 3.73. The van der Waals surface area contributed by atoms with Crippen molar-refractivity contribution >= 4 is 34.2 Å². The molecule has 1 aliphatic rings. The molecule has 0 bridgehead atoms. The summed E-state index contributed by atoms with van der Waals surface area (Å²) in [6.45, 7) is 1.42. The molecule has 2 aromatic heterocycles. The molecular formula is C27H27ClN6O. The van der Waals surface area contributed by atoms with E-state index in [0.29, 0.717) is 24.4 Å². The zero-order valence-corrected chi connectivity index (χ0v) is 20.2. The van der Waals surface area contributed by atoms with E-state index in [1.54, 1.807) is 18.7 Å². The lowest BCUT2D eigenvalue weighted by Gasteiger charge is -2.24. The molecule has 0 saturated carbocycles. The third-order valence-electron chi connectivity index (χ3n) is 6.29. The number of para-hydroxylation sites is 1. The van der Waals surface area contributed by atoms with Gasteiger partial charge in [-0.25, -0.2) is 9.97 Å². The van der Waals surface area contributed by atoms with Gasteiger partial charge in [0, 0.05) is 42.5 Å². The molecule has 7 nitrogen and oxygen atoms in total. The average molecular weight is 487 g/mol. The van der Waals surface area contributed by atoms with E-state index >= 15 is 0 Å². The van der Waals surface area contributed by atoms with Crippen molar-refractivity contribution in [3.8, 4) is 0 Å². The summed E-state index contributed by atoms with van der Waals surface area (Å²) in [4.78, 5) is 33.0. The molecule has 1 atom stereocenters. The Morgan fingerprint density at radius 2 is 2.03 bits per heavy atom. The van der Waals surface area contributed by atoms with Crippen LogP contribution in [0.5, 0.6) is 0 Å². The molecule has 2 aromatic carbocycles. The minimum atomic E-state index is -0.0203. The number of likely N-dealkylation sites (tertiary alicyclic amines) is 1. The molecule has 0 unspecified atom stereocenters. The Balaban J connectivity index is 1.18. The van der Waals surface area contributed by atoms with Gasteiger partial charge in [0.15, 0.2) is 0 Å². The number of anilines is 1. The molecule has 1 saturated heterocycles. The van der Waals surface area contributed by atoms with Gasteiger partial charge in [0.05, 0.1) is 29.1 Å². The number of rotatable bonds is 8. The van der Waals surface area contributed by atoms with E-state index < -0.39 is 0 Å². The Bertz CT molecular complexity index is 1320. The average Bonchev–Trinajstić information content (AvgIpc) is 3.37. The Kier molecular flexibility index (Phi) is 7.14. The monoisotopic (exact) mass is 486 g/mol. The Morgan fingerprint density at radius 3 is 2.94 bits per heavy atom. The summed E-state index contributed by atoms with van der Waals surface area (Å²) >= 11 is 6.12. The Hall–Kier alpha value is -3.58. The van der Waals surface area contributed by atoms with Gasteiger partial charge in [-0.2, -0.15) is 0 Å². The molecule has 8 heteroatoms. The highest BCUT2D eigenvalue weighted by atomic mass is 35.5. The molecule has 0 radical (unpaired) electrons. The van der Waals surface area contributed by atoms with Crippen LogP contribution in [0.1, 0.15) is 48.7 Å². The predicted octanol–water partition coefficient (Wildman–Crippen LogP) is 5.22. The van der Waals surface area contributed by atoms with Crippen molar-refractivity contribution in [1.82, 2.24) is 24.8 Å². The number of hydrogen-bond acceptors (Lipinski definition) is 6. The Labute approximate surface area is 209 Å². The minimum Gasteiger partial charge on any atom is -0.369 e. The highest BCUT2D eigenvalue weighted by Gasteiger charge is 2.30. The lowest BCUT2D eigenvalue weighted by molar-refractivity contribution is -0.132. The van der Waals surface area contributed by atoms with Crippen LogP contribution >= 0.6 is 11.6 Å². The molecule has 178 valence electrons. The number of carbonyl (C=O) groups excluding carboxylic acids is 1. The number of hydrogen-bond donors (Lipinski definition) is 1. The highest BCUT2D eigenvalue weighted by molar-refractivity contribution is 6.30. The van der Waals surface area contributed by atoms with Crippen molar-refractivity contribution < 1.29 is 4.79 Å². The van der Waals surface area contributed by atoms with E-state index in [4.69, 9.17) is 16.6 Å². The third kappa shape index (κ3) is 5.57. The molecule has 5 rings (SSSR count). The van der Waals surface area contributed by atoms with Gasteiger partial charge >= 0.3 is 0 Å². The molecule has 1 aliphatic heterocycles.